The first-order valence-electron chi connectivity index (χ1n) is 12.5. The molecule has 4 rings (SSSR count). The zero-order chi connectivity index (χ0) is 26.6. The van der Waals surface area contributed by atoms with Gasteiger partial charge in [-0.2, -0.15) is 0 Å². The number of benzene rings is 1. The van der Waals surface area contributed by atoms with Crippen molar-refractivity contribution in [3.8, 4) is 17.1 Å². The van der Waals surface area contributed by atoms with Gasteiger partial charge < -0.3 is 24.8 Å². The van der Waals surface area contributed by atoms with Crippen LogP contribution in [0.5, 0.6) is 5.88 Å². The third-order valence-corrected chi connectivity index (χ3v) is 9.95. The number of hydrogen-bond donors (Lipinski definition) is 3. The van der Waals surface area contributed by atoms with Gasteiger partial charge in [0.15, 0.2) is 4.75 Å². The van der Waals surface area contributed by atoms with Crippen molar-refractivity contribution >= 4 is 16.0 Å². The van der Waals surface area contributed by atoms with Crippen LogP contribution in [0.1, 0.15) is 42.7 Å². The molecule has 2 saturated heterocycles. The molecule has 2 aliphatic heterocycles. The molecule has 3 N–H and O–H groups in total. The van der Waals surface area contributed by atoms with Crippen molar-refractivity contribution < 1.29 is 38.0 Å². The molecule has 0 unspecified atom stereocenters. The number of nitrogens with zero attached hydrogens (tertiary/aromatic N) is 2. The molecule has 2 aliphatic rings. The van der Waals surface area contributed by atoms with Crippen molar-refractivity contribution in [3.05, 3.63) is 47.5 Å². The van der Waals surface area contributed by atoms with Gasteiger partial charge in [0.1, 0.15) is 12.7 Å². The summed E-state index contributed by atoms with van der Waals surface area (Å²) in [5.74, 6) is -0.778. The third kappa shape index (κ3) is 5.65. The molecule has 3 heterocycles. The first-order valence-corrected chi connectivity index (χ1v) is 13.9. The van der Waals surface area contributed by atoms with E-state index in [1.54, 1.807) is 6.07 Å². The lowest BCUT2D eigenvalue weighted by Gasteiger charge is -2.39. The summed E-state index contributed by atoms with van der Waals surface area (Å²) in [6, 6.07) is 11.5. The third-order valence-electron chi connectivity index (χ3n) is 7.33. The summed E-state index contributed by atoms with van der Waals surface area (Å²) in [5.41, 5.74) is 3.77. The topological polar surface area (TPSA) is 146 Å². The van der Waals surface area contributed by atoms with Gasteiger partial charge in [-0.05, 0) is 42.9 Å². The summed E-state index contributed by atoms with van der Waals surface area (Å²) >= 11 is 0. The number of aliphatic hydroxyl groups excluding tert-OH is 2. The molecule has 1 aromatic carbocycles. The standard InChI is InChI=1S/C26H34N2O8S/c1-18-15-20(5-6-22(18)23-3-2-4-24(27-23)36-17-21(30)16-29)19-7-11-28(12-8-19)37(33,34)26(25(31)32)9-13-35-14-10-26/h2-6,15,19,21,29-30H,7-14,16-17H2,1H3,(H,31,32)/t21-/m1/s1. The van der Waals surface area contributed by atoms with E-state index in [2.05, 4.69) is 11.1 Å². The summed E-state index contributed by atoms with van der Waals surface area (Å²) in [6.45, 7) is 2.37. The molecule has 2 aromatic rings. The first-order chi connectivity index (χ1) is 17.7. The zero-order valence-corrected chi connectivity index (χ0v) is 21.7. The Morgan fingerprint density at radius 3 is 2.54 bits per heavy atom. The van der Waals surface area contributed by atoms with Gasteiger partial charge in [-0.15, -0.1) is 0 Å². The van der Waals surface area contributed by atoms with Crippen molar-refractivity contribution in [2.75, 3.05) is 39.5 Å². The number of carboxylic acid groups (broad SMARTS) is 1. The summed E-state index contributed by atoms with van der Waals surface area (Å²) in [4.78, 5) is 16.6. The molecule has 0 radical (unpaired) electrons. The Hall–Kier alpha value is -2.57. The minimum absolute atomic E-state index is 0.0342. The summed E-state index contributed by atoms with van der Waals surface area (Å²) in [6.07, 6.45) is 0.179. The molecule has 0 spiro atoms. The van der Waals surface area contributed by atoms with Crippen LogP contribution in [0.3, 0.4) is 0 Å². The van der Waals surface area contributed by atoms with Crippen molar-refractivity contribution in [1.29, 1.82) is 0 Å². The second kappa shape index (κ2) is 11.4. The zero-order valence-electron chi connectivity index (χ0n) is 20.9. The fraction of sp³-hybridized carbons (Fsp3) is 0.538. The Bertz CT molecular complexity index is 1200. The van der Waals surface area contributed by atoms with Crippen LogP contribution in [0.15, 0.2) is 36.4 Å². The van der Waals surface area contributed by atoms with E-state index in [-0.39, 0.29) is 58.3 Å². The van der Waals surface area contributed by atoms with Gasteiger partial charge in [0.2, 0.25) is 15.9 Å². The van der Waals surface area contributed by atoms with E-state index >= 15 is 0 Å². The van der Waals surface area contributed by atoms with E-state index in [9.17, 15) is 23.4 Å². The lowest BCUT2D eigenvalue weighted by molar-refractivity contribution is -0.142. The smallest absolute Gasteiger partial charge is 0.326 e. The molecule has 0 bridgehead atoms. The second-order valence-electron chi connectivity index (χ2n) is 9.67. The van der Waals surface area contributed by atoms with Crippen LogP contribution in [0.25, 0.3) is 11.3 Å². The Morgan fingerprint density at radius 1 is 1.22 bits per heavy atom. The SMILES string of the molecule is Cc1cc(C2CCN(S(=O)(=O)C3(C(=O)O)CCOCC3)CC2)ccc1-c1cccc(OC[C@H](O)CO)n1. The molecular weight excluding hydrogens is 500 g/mol. The van der Waals surface area contributed by atoms with Crippen molar-refractivity contribution in [2.24, 2.45) is 0 Å². The van der Waals surface area contributed by atoms with Gasteiger partial charge >= 0.3 is 5.97 Å². The van der Waals surface area contributed by atoms with Gasteiger partial charge in [0, 0.05) is 50.8 Å². The van der Waals surface area contributed by atoms with Gasteiger partial charge in [-0.3, -0.25) is 4.79 Å². The number of piperidine rings is 1. The molecule has 0 amide bonds. The Morgan fingerprint density at radius 2 is 1.92 bits per heavy atom. The predicted octanol–water partition coefficient (Wildman–Crippen LogP) is 1.93. The summed E-state index contributed by atoms with van der Waals surface area (Å²) in [7, 11) is -4.01. The summed E-state index contributed by atoms with van der Waals surface area (Å²) < 4.78 is 37.0. The van der Waals surface area contributed by atoms with Crippen LogP contribution in [-0.4, -0.2) is 89.4 Å². The number of aromatic nitrogens is 1. The molecular formula is C26H34N2O8S. The molecule has 37 heavy (non-hydrogen) atoms. The first kappa shape index (κ1) is 27.5. The second-order valence-corrected chi connectivity index (χ2v) is 11.9. The number of carboxylic acids is 1. The molecule has 2 fully saturated rings. The maximum absolute atomic E-state index is 13.4. The van der Waals surface area contributed by atoms with Gasteiger partial charge in [0.25, 0.3) is 0 Å². The molecule has 0 aliphatic carbocycles. The van der Waals surface area contributed by atoms with Gasteiger partial charge in [-0.1, -0.05) is 24.3 Å². The molecule has 202 valence electrons. The van der Waals surface area contributed by atoms with E-state index in [0.29, 0.717) is 18.7 Å². The molecule has 1 aromatic heterocycles. The molecule has 10 nitrogen and oxygen atoms in total. The molecule has 1 atom stereocenters. The van der Waals surface area contributed by atoms with E-state index in [1.807, 2.05) is 31.2 Å². The number of pyridine rings is 1. The number of aliphatic carboxylic acids is 1. The lowest BCUT2D eigenvalue weighted by Crippen LogP contribution is -2.57. The average molecular weight is 535 g/mol. The number of aliphatic hydroxyl groups is 2. The van der Waals surface area contributed by atoms with E-state index in [0.717, 1.165) is 22.4 Å². The Balaban J connectivity index is 1.44. The van der Waals surface area contributed by atoms with Crippen LogP contribution in [0.2, 0.25) is 0 Å². The predicted molar refractivity (Wildman–Crippen MR) is 136 cm³/mol. The largest absolute Gasteiger partial charge is 0.480 e. The number of rotatable bonds is 9. The van der Waals surface area contributed by atoms with Crippen molar-refractivity contribution in [1.82, 2.24) is 9.29 Å². The number of carbonyl (C=O) groups is 1. The average Bonchev–Trinajstić information content (AvgIpc) is 2.92. The van der Waals surface area contributed by atoms with Crippen LogP contribution >= 0.6 is 0 Å². The van der Waals surface area contributed by atoms with E-state index in [4.69, 9.17) is 14.6 Å². The van der Waals surface area contributed by atoms with Gasteiger partial charge in [0.05, 0.1) is 12.3 Å². The maximum atomic E-state index is 13.4. The van der Waals surface area contributed by atoms with Gasteiger partial charge in [-0.25, -0.2) is 17.7 Å². The number of aryl methyl sites for hydroxylation is 1. The fourth-order valence-corrected chi connectivity index (χ4v) is 7.16. The maximum Gasteiger partial charge on any atom is 0.326 e. The van der Waals surface area contributed by atoms with E-state index in [1.165, 1.54) is 4.31 Å². The van der Waals surface area contributed by atoms with Crippen molar-refractivity contribution in [2.45, 2.75) is 49.4 Å². The van der Waals surface area contributed by atoms with E-state index < -0.39 is 26.8 Å². The molecule has 0 saturated carbocycles. The Labute approximate surface area is 216 Å². The Kier molecular flexibility index (Phi) is 8.49. The monoisotopic (exact) mass is 534 g/mol. The molecule has 11 heteroatoms. The van der Waals surface area contributed by atoms with Crippen molar-refractivity contribution in [3.63, 3.8) is 0 Å². The summed E-state index contributed by atoms with van der Waals surface area (Å²) in [5, 5.41) is 28.3. The number of sulfonamides is 1. The highest BCUT2D eigenvalue weighted by Crippen LogP contribution is 2.37. The fourth-order valence-electron chi connectivity index (χ4n) is 5.07. The number of ether oxygens (including phenoxy) is 2. The van der Waals surface area contributed by atoms with Crippen LogP contribution in [-0.2, 0) is 19.6 Å². The lowest BCUT2D eigenvalue weighted by atomic mass is 9.88. The van der Waals surface area contributed by atoms with Crippen LogP contribution in [0, 0.1) is 6.92 Å². The quantitative estimate of drug-likeness (QED) is 0.439. The minimum Gasteiger partial charge on any atom is -0.480 e. The highest BCUT2D eigenvalue weighted by molar-refractivity contribution is 7.91. The highest BCUT2D eigenvalue weighted by atomic mass is 32.2. The van der Waals surface area contributed by atoms with Crippen LogP contribution in [0.4, 0.5) is 0 Å². The number of hydrogen-bond acceptors (Lipinski definition) is 8. The van der Waals surface area contributed by atoms with Crippen LogP contribution < -0.4 is 4.74 Å². The minimum atomic E-state index is -4.01. The normalized spacial score (nSPS) is 19.9. The highest BCUT2D eigenvalue weighted by Gasteiger charge is 2.54.